The van der Waals surface area contributed by atoms with E-state index < -0.39 is 0 Å². The minimum atomic E-state index is 0.340. The number of hydrogen-bond donors (Lipinski definition) is 1. The fraction of sp³-hybridized carbons (Fsp3) is 0.375. The molecule has 5 nitrogen and oxygen atoms in total. The van der Waals surface area contributed by atoms with Crippen LogP contribution in [0.5, 0.6) is 0 Å². The van der Waals surface area contributed by atoms with Crippen molar-refractivity contribution in [2.24, 2.45) is 0 Å². The molecule has 1 aromatic carbocycles. The van der Waals surface area contributed by atoms with Crippen LogP contribution >= 0.6 is 0 Å². The molecule has 2 aromatic rings. The van der Waals surface area contributed by atoms with Crippen LogP contribution in [0.1, 0.15) is 19.4 Å². The second kappa shape index (κ2) is 6.43. The van der Waals surface area contributed by atoms with Crippen molar-refractivity contribution in [1.82, 2.24) is 9.97 Å². The van der Waals surface area contributed by atoms with Crippen LogP contribution in [0.3, 0.4) is 0 Å². The first-order valence-electron chi connectivity index (χ1n) is 7.09. The maximum atomic E-state index is 5.74. The Morgan fingerprint density at radius 3 is 2.33 bits per heavy atom. The van der Waals surface area contributed by atoms with E-state index in [1.165, 1.54) is 5.56 Å². The number of nitrogens with two attached hydrogens (primary N) is 1. The van der Waals surface area contributed by atoms with Crippen molar-refractivity contribution in [2.75, 3.05) is 29.6 Å². The normalized spacial score (nSPS) is 10.7. The number of nitrogen functional groups attached to an aromatic ring is 1. The molecular weight excluding hydrogens is 262 g/mol. The van der Waals surface area contributed by atoms with Gasteiger partial charge in [-0.05, 0) is 37.6 Å². The second-order valence-corrected chi connectivity index (χ2v) is 5.57. The molecule has 2 rings (SSSR count). The van der Waals surface area contributed by atoms with E-state index in [0.717, 1.165) is 24.0 Å². The van der Waals surface area contributed by atoms with Gasteiger partial charge in [0.2, 0.25) is 5.95 Å². The molecule has 1 aromatic heterocycles. The van der Waals surface area contributed by atoms with E-state index in [1.807, 2.05) is 37.2 Å². The van der Waals surface area contributed by atoms with Crippen molar-refractivity contribution in [3.8, 4) is 0 Å². The molecule has 0 saturated carbocycles. The summed E-state index contributed by atoms with van der Waals surface area (Å²) in [5.74, 6) is 1.65. The summed E-state index contributed by atoms with van der Waals surface area (Å²) in [4.78, 5) is 13.1. The van der Waals surface area contributed by atoms with Crippen molar-refractivity contribution >= 4 is 17.5 Å². The molecule has 112 valence electrons. The van der Waals surface area contributed by atoms with E-state index >= 15 is 0 Å². The molecule has 21 heavy (non-hydrogen) atoms. The predicted octanol–water partition coefficient (Wildman–Crippen LogP) is 2.54. The van der Waals surface area contributed by atoms with Crippen LogP contribution in [-0.4, -0.2) is 30.1 Å². The molecule has 0 fully saturated rings. The summed E-state index contributed by atoms with van der Waals surface area (Å²) in [7, 11) is 3.89. The lowest BCUT2D eigenvalue weighted by Gasteiger charge is -2.28. The Bertz CT molecular complexity index is 577. The average Bonchev–Trinajstić information content (AvgIpc) is 2.46. The molecule has 0 aliphatic heterocycles. The third-order valence-corrected chi connectivity index (χ3v) is 3.28. The summed E-state index contributed by atoms with van der Waals surface area (Å²) in [5, 5.41) is 0. The summed E-state index contributed by atoms with van der Waals surface area (Å²) >= 11 is 0. The van der Waals surface area contributed by atoms with Crippen molar-refractivity contribution in [3.05, 3.63) is 42.1 Å². The monoisotopic (exact) mass is 285 g/mol. The summed E-state index contributed by atoms with van der Waals surface area (Å²) in [6.45, 7) is 5.12. The summed E-state index contributed by atoms with van der Waals surface area (Å²) in [6, 6.07) is 10.3. The highest BCUT2D eigenvalue weighted by Gasteiger charge is 2.14. The van der Waals surface area contributed by atoms with E-state index in [9.17, 15) is 0 Å². The van der Waals surface area contributed by atoms with Gasteiger partial charge in [-0.25, -0.2) is 4.98 Å². The van der Waals surface area contributed by atoms with Crippen molar-refractivity contribution < 1.29 is 0 Å². The zero-order valence-corrected chi connectivity index (χ0v) is 13.1. The molecule has 0 amide bonds. The topological polar surface area (TPSA) is 58.3 Å². The van der Waals surface area contributed by atoms with E-state index in [1.54, 1.807) is 6.20 Å². The first kappa shape index (κ1) is 15.1. The van der Waals surface area contributed by atoms with Gasteiger partial charge < -0.3 is 15.5 Å². The van der Waals surface area contributed by atoms with Gasteiger partial charge in [-0.2, -0.15) is 4.98 Å². The third-order valence-electron chi connectivity index (χ3n) is 3.28. The highest BCUT2D eigenvalue weighted by atomic mass is 15.3. The van der Waals surface area contributed by atoms with Crippen LogP contribution in [0.25, 0.3) is 0 Å². The quantitative estimate of drug-likeness (QED) is 0.856. The number of aromatic nitrogens is 2. The zero-order valence-electron chi connectivity index (χ0n) is 13.1. The molecular formula is C16H23N5. The van der Waals surface area contributed by atoms with E-state index in [0.29, 0.717) is 6.04 Å². The maximum Gasteiger partial charge on any atom is 0.226 e. The number of rotatable bonds is 5. The summed E-state index contributed by atoms with van der Waals surface area (Å²) in [5.41, 5.74) is 7.74. The molecule has 2 N–H and O–H groups in total. The molecule has 1 heterocycles. The summed E-state index contributed by atoms with van der Waals surface area (Å²) in [6.07, 6.45) is 1.80. The van der Waals surface area contributed by atoms with E-state index in [2.05, 4.69) is 40.8 Å². The standard InChI is InChI=1S/C16H23N5/c1-12(2)21(11-13-5-7-14(17)8-6-13)15-9-10-18-16(19-15)20(3)4/h5-10,12H,11,17H2,1-4H3. The van der Waals surface area contributed by atoms with Gasteiger partial charge in [-0.1, -0.05) is 12.1 Å². The van der Waals surface area contributed by atoms with Gasteiger partial charge in [-0.3, -0.25) is 0 Å². The van der Waals surface area contributed by atoms with Crippen LogP contribution in [-0.2, 0) is 6.54 Å². The predicted molar refractivity (Wildman–Crippen MR) is 88.5 cm³/mol. The Hall–Kier alpha value is -2.30. The van der Waals surface area contributed by atoms with Gasteiger partial charge in [0.05, 0.1) is 0 Å². The zero-order chi connectivity index (χ0) is 15.4. The van der Waals surface area contributed by atoms with Crippen LogP contribution < -0.4 is 15.5 Å². The largest absolute Gasteiger partial charge is 0.399 e. The Morgan fingerprint density at radius 1 is 1.10 bits per heavy atom. The molecule has 0 bridgehead atoms. The molecule has 0 unspecified atom stereocenters. The molecule has 0 radical (unpaired) electrons. The molecule has 5 heteroatoms. The summed E-state index contributed by atoms with van der Waals surface area (Å²) < 4.78 is 0. The first-order valence-corrected chi connectivity index (χ1v) is 7.09. The number of hydrogen-bond acceptors (Lipinski definition) is 5. The van der Waals surface area contributed by atoms with Gasteiger partial charge in [0.25, 0.3) is 0 Å². The third kappa shape index (κ3) is 3.84. The SMILES string of the molecule is CC(C)N(Cc1ccc(N)cc1)c1ccnc(N(C)C)n1. The van der Waals surface area contributed by atoms with Crippen molar-refractivity contribution in [3.63, 3.8) is 0 Å². The Balaban J connectivity index is 2.26. The van der Waals surface area contributed by atoms with Gasteiger partial charge in [0.15, 0.2) is 0 Å². The smallest absolute Gasteiger partial charge is 0.226 e. The van der Waals surface area contributed by atoms with Gasteiger partial charge in [0, 0.05) is 38.6 Å². The van der Waals surface area contributed by atoms with Crippen LogP contribution in [0, 0.1) is 0 Å². The molecule has 0 atom stereocenters. The Kier molecular flexibility index (Phi) is 4.62. The van der Waals surface area contributed by atoms with Gasteiger partial charge in [0.1, 0.15) is 5.82 Å². The Labute approximate surface area is 126 Å². The maximum absolute atomic E-state index is 5.74. The molecule has 0 aliphatic carbocycles. The van der Waals surface area contributed by atoms with E-state index in [-0.39, 0.29) is 0 Å². The van der Waals surface area contributed by atoms with Gasteiger partial charge >= 0.3 is 0 Å². The van der Waals surface area contributed by atoms with Crippen LogP contribution in [0.4, 0.5) is 17.5 Å². The molecule has 0 aliphatic rings. The average molecular weight is 285 g/mol. The highest BCUT2D eigenvalue weighted by molar-refractivity contribution is 5.46. The highest BCUT2D eigenvalue weighted by Crippen LogP contribution is 2.19. The minimum absolute atomic E-state index is 0.340. The first-order chi connectivity index (χ1) is 9.97. The van der Waals surface area contributed by atoms with Crippen molar-refractivity contribution in [1.29, 1.82) is 0 Å². The lowest BCUT2D eigenvalue weighted by molar-refractivity contribution is 0.671. The van der Waals surface area contributed by atoms with E-state index in [4.69, 9.17) is 5.73 Å². The van der Waals surface area contributed by atoms with Crippen LogP contribution in [0.15, 0.2) is 36.5 Å². The Morgan fingerprint density at radius 2 is 1.76 bits per heavy atom. The van der Waals surface area contributed by atoms with Crippen molar-refractivity contribution in [2.45, 2.75) is 26.4 Å². The van der Waals surface area contributed by atoms with Crippen LogP contribution in [0.2, 0.25) is 0 Å². The second-order valence-electron chi connectivity index (χ2n) is 5.57. The molecule has 0 spiro atoms. The van der Waals surface area contributed by atoms with Gasteiger partial charge in [-0.15, -0.1) is 0 Å². The number of benzene rings is 1. The number of anilines is 3. The lowest BCUT2D eigenvalue weighted by atomic mass is 10.1. The number of nitrogens with zero attached hydrogens (tertiary/aromatic N) is 4. The fourth-order valence-electron chi connectivity index (χ4n) is 2.06. The lowest BCUT2D eigenvalue weighted by Crippen LogP contribution is -2.31. The minimum Gasteiger partial charge on any atom is -0.399 e. The molecule has 0 saturated heterocycles. The fourth-order valence-corrected chi connectivity index (χ4v) is 2.06.